The summed E-state index contributed by atoms with van der Waals surface area (Å²) in [6.45, 7) is 3.07. The van der Waals surface area contributed by atoms with Gasteiger partial charge >= 0.3 is 0 Å². The van der Waals surface area contributed by atoms with E-state index < -0.39 is 0 Å². The Morgan fingerprint density at radius 1 is 1.29 bits per heavy atom. The maximum atomic E-state index is 5.91. The van der Waals surface area contributed by atoms with Crippen LogP contribution in [0.3, 0.4) is 0 Å². The lowest BCUT2D eigenvalue weighted by atomic mass is 9.94. The fourth-order valence-electron chi connectivity index (χ4n) is 2.00. The molecule has 90 valence electrons. The quantitative estimate of drug-likeness (QED) is 0.812. The number of aromatic nitrogens is 3. The summed E-state index contributed by atoms with van der Waals surface area (Å²) >= 11 is 5.91. The van der Waals surface area contributed by atoms with E-state index >= 15 is 0 Å². The van der Waals surface area contributed by atoms with Crippen LogP contribution in [0.25, 0.3) is 0 Å². The van der Waals surface area contributed by atoms with E-state index in [1.165, 1.54) is 5.56 Å². The standard InChI is InChI=1S/C13H16ClN3/c1-2-3-12(8-17-10-15-9-16-17)11-4-6-13(14)7-5-11/h4-7,9-10,12H,2-3,8H2,1H3. The van der Waals surface area contributed by atoms with Gasteiger partial charge in [0.15, 0.2) is 0 Å². The Morgan fingerprint density at radius 2 is 2.06 bits per heavy atom. The molecule has 0 amide bonds. The van der Waals surface area contributed by atoms with E-state index in [4.69, 9.17) is 11.6 Å². The van der Waals surface area contributed by atoms with Gasteiger partial charge in [0, 0.05) is 17.5 Å². The van der Waals surface area contributed by atoms with Crippen LogP contribution in [-0.4, -0.2) is 14.8 Å². The van der Waals surface area contributed by atoms with Crippen LogP contribution in [0.4, 0.5) is 0 Å². The molecular formula is C13H16ClN3. The van der Waals surface area contributed by atoms with Gasteiger partial charge in [0.1, 0.15) is 12.7 Å². The molecule has 0 fully saturated rings. The Hall–Kier alpha value is -1.35. The summed E-state index contributed by atoms with van der Waals surface area (Å²) in [7, 11) is 0. The molecule has 1 heterocycles. The maximum Gasteiger partial charge on any atom is 0.137 e. The minimum Gasteiger partial charge on any atom is -0.252 e. The molecule has 2 rings (SSSR count). The molecule has 0 saturated heterocycles. The third-order valence-electron chi connectivity index (χ3n) is 2.85. The number of benzene rings is 1. The van der Waals surface area contributed by atoms with Crippen LogP contribution < -0.4 is 0 Å². The minimum absolute atomic E-state index is 0.471. The van der Waals surface area contributed by atoms with Gasteiger partial charge in [-0.25, -0.2) is 4.98 Å². The molecule has 0 N–H and O–H groups in total. The molecule has 17 heavy (non-hydrogen) atoms. The summed E-state index contributed by atoms with van der Waals surface area (Å²) in [5, 5.41) is 4.94. The van der Waals surface area contributed by atoms with Gasteiger partial charge in [-0.05, 0) is 24.1 Å². The topological polar surface area (TPSA) is 30.7 Å². The van der Waals surface area contributed by atoms with Crippen LogP contribution in [0.15, 0.2) is 36.9 Å². The van der Waals surface area contributed by atoms with E-state index in [0.717, 1.165) is 24.4 Å². The van der Waals surface area contributed by atoms with Crippen LogP contribution in [-0.2, 0) is 6.54 Å². The zero-order chi connectivity index (χ0) is 12.1. The predicted octanol–water partition coefficient (Wildman–Crippen LogP) is 3.52. The largest absolute Gasteiger partial charge is 0.252 e. The highest BCUT2D eigenvalue weighted by Gasteiger charge is 2.11. The molecule has 3 nitrogen and oxygen atoms in total. The maximum absolute atomic E-state index is 5.91. The lowest BCUT2D eigenvalue weighted by Crippen LogP contribution is -2.09. The highest BCUT2D eigenvalue weighted by atomic mass is 35.5. The van der Waals surface area contributed by atoms with Gasteiger partial charge in [0.2, 0.25) is 0 Å². The van der Waals surface area contributed by atoms with E-state index in [-0.39, 0.29) is 0 Å². The van der Waals surface area contributed by atoms with E-state index in [9.17, 15) is 0 Å². The second kappa shape index (κ2) is 5.82. The zero-order valence-electron chi connectivity index (χ0n) is 9.88. The Balaban J connectivity index is 2.13. The first-order valence-electron chi connectivity index (χ1n) is 5.87. The van der Waals surface area contributed by atoms with Crippen molar-refractivity contribution in [3.05, 3.63) is 47.5 Å². The van der Waals surface area contributed by atoms with Crippen molar-refractivity contribution in [2.24, 2.45) is 0 Å². The number of halogens is 1. The number of hydrogen-bond acceptors (Lipinski definition) is 2. The summed E-state index contributed by atoms with van der Waals surface area (Å²) in [5.74, 6) is 0.471. The van der Waals surface area contributed by atoms with Crippen molar-refractivity contribution in [2.75, 3.05) is 0 Å². The molecule has 4 heteroatoms. The first-order chi connectivity index (χ1) is 8.29. The second-order valence-corrected chi connectivity index (χ2v) is 4.59. The smallest absolute Gasteiger partial charge is 0.137 e. The number of nitrogens with zero attached hydrogens (tertiary/aromatic N) is 3. The molecule has 0 aliphatic heterocycles. The monoisotopic (exact) mass is 249 g/mol. The molecule has 0 saturated carbocycles. The molecule has 1 atom stereocenters. The Labute approximate surface area is 106 Å². The van der Waals surface area contributed by atoms with E-state index in [0.29, 0.717) is 5.92 Å². The molecule has 1 unspecified atom stereocenters. The van der Waals surface area contributed by atoms with Crippen molar-refractivity contribution >= 4 is 11.6 Å². The molecule has 1 aromatic carbocycles. The van der Waals surface area contributed by atoms with Crippen LogP contribution in [0, 0.1) is 0 Å². The number of rotatable bonds is 5. The molecule has 0 spiro atoms. The lowest BCUT2D eigenvalue weighted by Gasteiger charge is -2.16. The van der Waals surface area contributed by atoms with Crippen LogP contribution in [0.1, 0.15) is 31.2 Å². The number of hydrogen-bond donors (Lipinski definition) is 0. The summed E-state index contributed by atoms with van der Waals surface area (Å²) in [6, 6.07) is 8.08. The summed E-state index contributed by atoms with van der Waals surface area (Å²) in [6.07, 6.45) is 5.63. The van der Waals surface area contributed by atoms with Crippen molar-refractivity contribution < 1.29 is 0 Å². The molecule has 1 aromatic heterocycles. The van der Waals surface area contributed by atoms with Crippen LogP contribution >= 0.6 is 11.6 Å². The Morgan fingerprint density at radius 3 is 2.65 bits per heavy atom. The summed E-state index contributed by atoms with van der Waals surface area (Å²) in [4.78, 5) is 3.97. The lowest BCUT2D eigenvalue weighted by molar-refractivity contribution is 0.484. The van der Waals surface area contributed by atoms with E-state index in [1.807, 2.05) is 16.8 Å². The molecule has 0 aliphatic carbocycles. The Bertz CT molecular complexity index is 436. The fraction of sp³-hybridized carbons (Fsp3) is 0.385. The van der Waals surface area contributed by atoms with Gasteiger partial charge in [-0.3, -0.25) is 4.68 Å². The first kappa shape index (κ1) is 12.1. The van der Waals surface area contributed by atoms with Gasteiger partial charge in [0.25, 0.3) is 0 Å². The molecule has 0 radical (unpaired) electrons. The zero-order valence-corrected chi connectivity index (χ0v) is 10.6. The fourth-order valence-corrected chi connectivity index (χ4v) is 2.13. The van der Waals surface area contributed by atoms with Crippen molar-refractivity contribution in [1.82, 2.24) is 14.8 Å². The van der Waals surface area contributed by atoms with Gasteiger partial charge in [-0.1, -0.05) is 37.1 Å². The van der Waals surface area contributed by atoms with E-state index in [1.54, 1.807) is 12.7 Å². The minimum atomic E-state index is 0.471. The summed E-state index contributed by atoms with van der Waals surface area (Å²) in [5.41, 5.74) is 1.31. The third-order valence-corrected chi connectivity index (χ3v) is 3.10. The van der Waals surface area contributed by atoms with Gasteiger partial charge in [-0.15, -0.1) is 0 Å². The molecule has 0 aliphatic rings. The van der Waals surface area contributed by atoms with Gasteiger partial charge in [0.05, 0.1) is 0 Å². The van der Waals surface area contributed by atoms with Crippen molar-refractivity contribution in [3.8, 4) is 0 Å². The summed E-state index contributed by atoms with van der Waals surface area (Å²) < 4.78 is 1.88. The normalized spacial score (nSPS) is 12.6. The average molecular weight is 250 g/mol. The van der Waals surface area contributed by atoms with Crippen molar-refractivity contribution in [2.45, 2.75) is 32.2 Å². The highest BCUT2D eigenvalue weighted by molar-refractivity contribution is 6.30. The predicted molar refractivity (Wildman–Crippen MR) is 69.1 cm³/mol. The van der Waals surface area contributed by atoms with Gasteiger partial charge in [-0.2, -0.15) is 5.10 Å². The van der Waals surface area contributed by atoms with Crippen molar-refractivity contribution in [3.63, 3.8) is 0 Å². The second-order valence-electron chi connectivity index (χ2n) is 4.15. The van der Waals surface area contributed by atoms with Crippen LogP contribution in [0.5, 0.6) is 0 Å². The third kappa shape index (κ3) is 3.30. The van der Waals surface area contributed by atoms with Crippen molar-refractivity contribution in [1.29, 1.82) is 0 Å². The first-order valence-corrected chi connectivity index (χ1v) is 6.25. The molecule has 2 aromatic rings. The molecule has 0 bridgehead atoms. The highest BCUT2D eigenvalue weighted by Crippen LogP contribution is 2.24. The Kier molecular flexibility index (Phi) is 4.15. The van der Waals surface area contributed by atoms with Crippen LogP contribution in [0.2, 0.25) is 5.02 Å². The SMILES string of the molecule is CCCC(Cn1cncn1)c1ccc(Cl)cc1. The van der Waals surface area contributed by atoms with E-state index in [2.05, 4.69) is 29.1 Å². The average Bonchev–Trinajstić information content (AvgIpc) is 2.82. The molecular weight excluding hydrogens is 234 g/mol. The van der Waals surface area contributed by atoms with Gasteiger partial charge < -0.3 is 0 Å².